The van der Waals surface area contributed by atoms with E-state index in [1.54, 1.807) is 13.2 Å². The Bertz CT molecular complexity index is 1890. The van der Waals surface area contributed by atoms with Gasteiger partial charge < -0.3 is 25.2 Å². The number of ketones is 1. The first-order valence-electron chi connectivity index (χ1n) is 14.4. The zero-order valence-corrected chi connectivity index (χ0v) is 34.2. The summed E-state index contributed by atoms with van der Waals surface area (Å²) in [6.07, 6.45) is -8.40. The molecule has 0 saturated carbocycles. The summed E-state index contributed by atoms with van der Waals surface area (Å²) in [5.41, 5.74) is 9.28. The van der Waals surface area contributed by atoms with Gasteiger partial charge in [0.05, 0.1) is 28.7 Å². The number of thiazole rings is 1. The number of ether oxygens (including phenoxy) is 2. The Hall–Kier alpha value is -2.90. The molecule has 5 rings (SSSR count). The second-order valence-corrected chi connectivity index (χ2v) is 12.2. The summed E-state index contributed by atoms with van der Waals surface area (Å²) in [6.45, 7) is 2.06. The van der Waals surface area contributed by atoms with Crippen molar-refractivity contribution in [1.82, 2.24) is 4.98 Å². The number of thiocarbonyl (C=S) groups is 1. The van der Waals surface area contributed by atoms with Crippen LogP contribution in [0.3, 0.4) is 0 Å². The van der Waals surface area contributed by atoms with Gasteiger partial charge in [-0.25, -0.2) is 4.98 Å². The maximum atomic E-state index is 12.8. The number of methoxy groups -OCH3 is 1. The number of aryl methyl sites for hydroxylation is 1. The largest absolute Gasteiger partial charge is 1.00 e. The molecule has 17 heteroatoms. The molecular weight excluding hydrogens is 827 g/mol. The minimum atomic E-state index is -4.74. The Morgan fingerprint density at radius 1 is 0.923 bits per heavy atom. The molecule has 6 nitrogen and oxygen atoms in total. The maximum absolute atomic E-state index is 12.8. The molecule has 0 aliphatic heterocycles. The summed E-state index contributed by atoms with van der Waals surface area (Å²) in [7, 11) is 1.58. The molecular formula is C35H30BrF7KN3O3S2. The van der Waals surface area contributed by atoms with Crippen LogP contribution in [-0.4, -0.2) is 34.6 Å². The van der Waals surface area contributed by atoms with Gasteiger partial charge in [0, 0.05) is 28.6 Å². The van der Waals surface area contributed by atoms with Crippen LogP contribution in [0.1, 0.15) is 27.0 Å². The second-order valence-electron chi connectivity index (χ2n) is 10.2. The number of carbonyl (C=O) groups is 1. The third-order valence-electron chi connectivity index (χ3n) is 6.28. The molecule has 5 aromatic rings. The van der Waals surface area contributed by atoms with Gasteiger partial charge in [0.2, 0.25) is 0 Å². The number of benzene rings is 4. The molecule has 0 amide bonds. The number of halogens is 8. The van der Waals surface area contributed by atoms with Gasteiger partial charge in [0.25, 0.3) is 0 Å². The first kappa shape index (κ1) is 47.1. The van der Waals surface area contributed by atoms with Crippen molar-refractivity contribution >= 4 is 61.1 Å². The molecule has 4 aromatic carbocycles. The standard InChI is InChI=1S/C17H13F3N2OS.C9H6BrF3O2.C9H11NS.FH.K/c1-23-14-7-2-4-11(8-14)15-10-24-16(22-15)21-13-6-3-5-12(9-13)17(18,19)20;10-5-8(14)6-2-1-3-7(4-6)15-9(11,12)13;1-7-3-2-4-8(5-7)6-9(10)11;;/h2-10H,1H3,(H,21,22);1-4H,5H2;2-5H,6H2,1H3,(H2,10,11);1H;/q;;;;+1/p-1. The summed E-state index contributed by atoms with van der Waals surface area (Å²) in [5.74, 6) is 0.0183. The van der Waals surface area contributed by atoms with Crippen LogP contribution < -0.4 is 76.6 Å². The van der Waals surface area contributed by atoms with Crippen LogP contribution in [0.4, 0.5) is 37.2 Å². The number of anilines is 2. The fourth-order valence-corrected chi connectivity index (χ4v) is 5.34. The van der Waals surface area contributed by atoms with Gasteiger partial charge in [0.1, 0.15) is 11.5 Å². The van der Waals surface area contributed by atoms with Crippen LogP contribution in [-0.2, 0) is 12.6 Å². The number of nitrogens with zero attached hydrogens (tertiary/aromatic N) is 1. The molecule has 3 N–H and O–H groups in total. The SMILES string of the molecule is COc1cccc(-c2csc(Nc3cccc(C(F)(F)F)c3)n2)c1.Cc1cccc(CC(N)=S)c1.O=C(CBr)c1cccc(OC(F)(F)F)c1.[F-].[K+]. The Morgan fingerprint density at radius 2 is 1.58 bits per heavy atom. The first-order valence-corrected chi connectivity index (χ1v) is 16.8. The molecule has 0 unspecified atom stereocenters. The second kappa shape index (κ2) is 22.3. The van der Waals surface area contributed by atoms with E-state index in [0.29, 0.717) is 28.0 Å². The van der Waals surface area contributed by atoms with Crippen LogP contribution >= 0.6 is 39.5 Å². The van der Waals surface area contributed by atoms with Crippen molar-refractivity contribution in [3.8, 4) is 22.8 Å². The van der Waals surface area contributed by atoms with E-state index in [9.17, 15) is 31.1 Å². The average Bonchev–Trinajstić information content (AvgIpc) is 3.52. The van der Waals surface area contributed by atoms with Crippen molar-refractivity contribution in [2.75, 3.05) is 17.8 Å². The van der Waals surface area contributed by atoms with E-state index in [1.807, 2.05) is 41.8 Å². The quantitative estimate of drug-likeness (QED) is 0.0740. The summed E-state index contributed by atoms with van der Waals surface area (Å²) in [5, 5.41) is 5.33. The minimum Gasteiger partial charge on any atom is -1.00 e. The van der Waals surface area contributed by atoms with Crippen LogP contribution in [0.2, 0.25) is 0 Å². The number of nitrogens with two attached hydrogens (primary N) is 1. The maximum Gasteiger partial charge on any atom is 1.00 e. The summed E-state index contributed by atoms with van der Waals surface area (Å²) >= 11 is 9.05. The molecule has 0 fully saturated rings. The van der Waals surface area contributed by atoms with E-state index in [0.717, 1.165) is 35.5 Å². The van der Waals surface area contributed by atoms with Gasteiger partial charge in [-0.2, -0.15) is 13.2 Å². The topological polar surface area (TPSA) is 86.5 Å². The fraction of sp³-hybridized carbons (Fsp3) is 0.171. The van der Waals surface area contributed by atoms with Gasteiger partial charge in [-0.3, -0.25) is 4.79 Å². The Labute approximate surface area is 356 Å². The number of hydrogen-bond acceptors (Lipinski definition) is 7. The number of nitrogens with one attached hydrogen (secondary N) is 1. The number of aromatic nitrogens is 1. The zero-order chi connectivity index (χ0) is 36.9. The predicted molar refractivity (Wildman–Crippen MR) is 192 cm³/mol. The third kappa shape index (κ3) is 16.8. The van der Waals surface area contributed by atoms with Crippen molar-refractivity contribution in [3.63, 3.8) is 0 Å². The minimum absolute atomic E-state index is 0. The van der Waals surface area contributed by atoms with Crippen LogP contribution in [0.25, 0.3) is 11.3 Å². The first-order chi connectivity index (χ1) is 23.6. The predicted octanol–water partition coefficient (Wildman–Crippen LogP) is 4.58. The molecule has 272 valence electrons. The van der Waals surface area contributed by atoms with E-state index in [-0.39, 0.29) is 72.8 Å². The summed E-state index contributed by atoms with van der Waals surface area (Å²) in [6, 6.07) is 25.6. The van der Waals surface area contributed by atoms with E-state index in [1.165, 1.54) is 40.7 Å². The molecule has 0 bridgehead atoms. The van der Waals surface area contributed by atoms with Gasteiger partial charge in [-0.1, -0.05) is 88.3 Å². The molecule has 0 aliphatic rings. The molecule has 0 aliphatic carbocycles. The Balaban J connectivity index is 0.000000417. The summed E-state index contributed by atoms with van der Waals surface area (Å²) in [4.78, 5) is 16.1. The van der Waals surface area contributed by atoms with Crippen molar-refractivity contribution < 1.29 is 96.7 Å². The normalized spacial score (nSPS) is 10.5. The van der Waals surface area contributed by atoms with E-state index in [4.69, 9.17) is 22.7 Å². The molecule has 52 heavy (non-hydrogen) atoms. The van der Waals surface area contributed by atoms with Crippen molar-refractivity contribution in [2.45, 2.75) is 25.9 Å². The molecule has 0 radical (unpaired) electrons. The fourth-order valence-electron chi connectivity index (χ4n) is 4.11. The van der Waals surface area contributed by atoms with Crippen LogP contribution in [0, 0.1) is 6.92 Å². The molecule has 0 spiro atoms. The van der Waals surface area contributed by atoms with Gasteiger partial charge in [-0.05, 0) is 55.0 Å². The Kier molecular flexibility index (Phi) is 20.2. The third-order valence-corrected chi connectivity index (χ3v) is 7.69. The molecule has 0 atom stereocenters. The monoisotopic (exact) mass is 855 g/mol. The number of hydrogen-bond donors (Lipinski definition) is 2. The molecule has 1 heterocycles. The number of Topliss-reactive ketones (excluding diaryl/α,β-unsaturated/α-hetero) is 1. The molecule has 1 aromatic heterocycles. The van der Waals surface area contributed by atoms with Gasteiger partial charge in [-0.15, -0.1) is 24.5 Å². The summed E-state index contributed by atoms with van der Waals surface area (Å²) < 4.78 is 82.6. The van der Waals surface area contributed by atoms with Crippen LogP contribution in [0.5, 0.6) is 11.5 Å². The van der Waals surface area contributed by atoms with Gasteiger partial charge >= 0.3 is 63.9 Å². The van der Waals surface area contributed by atoms with Crippen molar-refractivity contribution in [1.29, 1.82) is 0 Å². The smallest absolute Gasteiger partial charge is 1.00 e. The van der Waals surface area contributed by atoms with E-state index in [2.05, 4.69) is 50.0 Å². The number of carbonyl (C=O) groups excluding carboxylic acids is 1. The van der Waals surface area contributed by atoms with Crippen molar-refractivity contribution in [2.24, 2.45) is 5.73 Å². The average molecular weight is 857 g/mol. The molecule has 0 saturated heterocycles. The number of alkyl halides is 7. The van der Waals surface area contributed by atoms with E-state index < -0.39 is 23.9 Å². The van der Waals surface area contributed by atoms with Gasteiger partial charge in [0.15, 0.2) is 10.9 Å². The van der Waals surface area contributed by atoms with Crippen LogP contribution in [0.15, 0.2) is 102 Å². The Morgan fingerprint density at radius 3 is 2.19 bits per heavy atom. The number of rotatable bonds is 9. The van der Waals surface area contributed by atoms with E-state index >= 15 is 0 Å². The van der Waals surface area contributed by atoms with Crippen molar-refractivity contribution in [3.05, 3.63) is 125 Å². The zero-order valence-electron chi connectivity index (χ0n) is 27.8.